The fraction of sp³-hybridized carbons (Fsp3) is 0. The van der Waals surface area contributed by atoms with Crippen molar-refractivity contribution in [2.75, 3.05) is 0 Å². The molecule has 0 saturated carbocycles. The third kappa shape index (κ3) is 4.94. The van der Waals surface area contributed by atoms with Gasteiger partial charge in [-0.2, -0.15) is 0 Å². The van der Waals surface area contributed by atoms with Gasteiger partial charge < -0.3 is 13.4 Å². The van der Waals surface area contributed by atoms with Gasteiger partial charge in [-0.15, -0.1) is 0 Å². The second-order valence-electron chi connectivity index (χ2n) is 14.4. The number of hydrogen-bond donors (Lipinski definition) is 0. The van der Waals surface area contributed by atoms with Crippen LogP contribution in [0.15, 0.2) is 191 Å². The molecule has 0 radical (unpaired) electrons. The molecule has 4 aromatic heterocycles. The normalized spacial score (nSPS) is 11.9. The topological polar surface area (TPSA) is 69.9 Å². The maximum Gasteiger partial charge on any atom is 0.167 e. The minimum absolute atomic E-state index is 0.535. The average molecular weight is 731 g/mol. The molecule has 57 heavy (non-hydrogen) atoms. The largest absolute Gasteiger partial charge is 0.456 e. The van der Waals surface area contributed by atoms with E-state index in [0.717, 1.165) is 93.6 Å². The van der Waals surface area contributed by atoms with E-state index >= 15 is 0 Å². The molecule has 0 aliphatic rings. The molecule has 0 N–H and O–H groups in total. The fourth-order valence-electron chi connectivity index (χ4n) is 8.40. The molecule has 0 amide bonds. The first-order valence-corrected chi connectivity index (χ1v) is 19.0. The predicted octanol–water partition coefficient (Wildman–Crippen LogP) is 13.4. The number of rotatable bonds is 5. The van der Waals surface area contributed by atoms with Crippen LogP contribution in [0.25, 0.3) is 117 Å². The summed E-state index contributed by atoms with van der Waals surface area (Å²) in [7, 11) is 0. The lowest BCUT2D eigenvalue weighted by Crippen LogP contribution is -2.01. The van der Waals surface area contributed by atoms with Crippen LogP contribution in [0.3, 0.4) is 0 Å². The van der Waals surface area contributed by atoms with Gasteiger partial charge in [-0.05, 0) is 47.5 Å². The molecule has 6 nitrogen and oxygen atoms in total. The van der Waals surface area contributed by atoms with Gasteiger partial charge in [0.25, 0.3) is 0 Å². The van der Waals surface area contributed by atoms with Crippen molar-refractivity contribution in [3.8, 4) is 51.0 Å². The Morgan fingerprint density at radius 3 is 1.67 bits per heavy atom. The van der Waals surface area contributed by atoms with Crippen LogP contribution in [-0.4, -0.2) is 19.5 Å². The molecule has 4 heterocycles. The maximum atomic E-state index is 6.83. The van der Waals surface area contributed by atoms with E-state index in [-0.39, 0.29) is 0 Å². The van der Waals surface area contributed by atoms with Gasteiger partial charge in [0.1, 0.15) is 22.3 Å². The first-order valence-electron chi connectivity index (χ1n) is 19.0. The Morgan fingerprint density at radius 1 is 0.351 bits per heavy atom. The maximum absolute atomic E-state index is 6.83. The Labute approximate surface area is 325 Å². The molecule has 266 valence electrons. The van der Waals surface area contributed by atoms with Crippen LogP contribution in [0.4, 0.5) is 0 Å². The van der Waals surface area contributed by atoms with Crippen molar-refractivity contribution in [3.05, 3.63) is 182 Å². The summed E-state index contributed by atoms with van der Waals surface area (Å²) in [5.41, 5.74) is 11.2. The molecule has 0 bridgehead atoms. The summed E-state index contributed by atoms with van der Waals surface area (Å²) in [5.74, 6) is 1.71. The van der Waals surface area contributed by atoms with E-state index in [1.165, 1.54) is 0 Å². The zero-order valence-corrected chi connectivity index (χ0v) is 30.4. The molecule has 12 aromatic rings. The molecule has 0 atom stereocenters. The summed E-state index contributed by atoms with van der Waals surface area (Å²) in [6.07, 6.45) is 0. The summed E-state index contributed by atoms with van der Waals surface area (Å²) in [5, 5.41) is 6.52. The average Bonchev–Trinajstić information content (AvgIpc) is 3.95. The zero-order chi connectivity index (χ0) is 37.5. The number of furan rings is 2. The van der Waals surface area contributed by atoms with Gasteiger partial charge in [0.2, 0.25) is 0 Å². The van der Waals surface area contributed by atoms with Crippen LogP contribution in [0, 0.1) is 0 Å². The lowest BCUT2D eigenvalue weighted by Gasteiger charge is -2.13. The minimum Gasteiger partial charge on any atom is -0.456 e. The number of fused-ring (bicyclic) bond motifs is 9. The second kappa shape index (κ2) is 12.3. The highest BCUT2D eigenvalue weighted by Gasteiger charge is 2.23. The molecular formula is C51H30N4O2. The highest BCUT2D eigenvalue weighted by Crippen LogP contribution is 2.44. The summed E-state index contributed by atoms with van der Waals surface area (Å²) in [4.78, 5) is 15.3. The molecule has 0 unspecified atom stereocenters. The van der Waals surface area contributed by atoms with Gasteiger partial charge in [0.05, 0.1) is 27.7 Å². The molecule has 0 aliphatic heterocycles. The first-order chi connectivity index (χ1) is 28.2. The van der Waals surface area contributed by atoms with E-state index < -0.39 is 0 Å². The van der Waals surface area contributed by atoms with E-state index in [0.29, 0.717) is 23.1 Å². The first kappa shape index (κ1) is 31.5. The predicted molar refractivity (Wildman–Crippen MR) is 230 cm³/mol. The number of para-hydroxylation sites is 3. The Morgan fingerprint density at radius 2 is 0.912 bits per heavy atom. The van der Waals surface area contributed by atoms with Gasteiger partial charge in [-0.1, -0.05) is 140 Å². The molecule has 8 aromatic carbocycles. The van der Waals surface area contributed by atoms with Crippen LogP contribution in [0.2, 0.25) is 0 Å². The van der Waals surface area contributed by atoms with Crippen LogP contribution < -0.4 is 0 Å². The van der Waals surface area contributed by atoms with Crippen LogP contribution in [-0.2, 0) is 0 Å². The number of benzene rings is 8. The second-order valence-corrected chi connectivity index (χ2v) is 14.4. The van der Waals surface area contributed by atoms with Gasteiger partial charge in [0, 0.05) is 44.1 Å². The SMILES string of the molecule is c1ccc(-c2ccc(-c3nc(-c4ccccc4)nc(-c4ccc(-n5c6ccccc6c6cc7c(cc65)oc5ccccc57)c5c4oc4ccccc45)n3)cc2)cc1. The molecule has 6 heteroatoms. The van der Waals surface area contributed by atoms with E-state index in [9.17, 15) is 0 Å². The van der Waals surface area contributed by atoms with Gasteiger partial charge in [-0.25, -0.2) is 15.0 Å². The van der Waals surface area contributed by atoms with Gasteiger partial charge >= 0.3 is 0 Å². The molecule has 0 fully saturated rings. The van der Waals surface area contributed by atoms with Crippen LogP contribution in [0.5, 0.6) is 0 Å². The van der Waals surface area contributed by atoms with Crippen molar-refractivity contribution < 1.29 is 8.83 Å². The number of hydrogen-bond acceptors (Lipinski definition) is 5. The molecule has 0 spiro atoms. The standard InChI is InChI=1S/C51H30N4O2/c1-3-13-31(14-4-1)32-23-25-34(26-24-32)50-52-49(33-15-5-2-6-16-33)53-51(54-50)38-27-28-42(47-37-19-9-12-22-45(37)57-48(38)47)55-41-20-10-7-17-35(41)39-29-40-36-18-8-11-21-44(36)56-46(40)30-43(39)55/h1-30H. The van der Waals surface area contributed by atoms with Gasteiger partial charge in [-0.3, -0.25) is 0 Å². The monoisotopic (exact) mass is 730 g/mol. The van der Waals surface area contributed by atoms with Crippen LogP contribution in [0.1, 0.15) is 0 Å². The Balaban J connectivity index is 1.11. The molecule has 12 rings (SSSR count). The van der Waals surface area contributed by atoms with E-state index in [1.54, 1.807) is 0 Å². The van der Waals surface area contributed by atoms with Crippen molar-refractivity contribution in [2.45, 2.75) is 0 Å². The summed E-state index contributed by atoms with van der Waals surface area (Å²) in [6, 6.07) is 62.6. The van der Waals surface area contributed by atoms with Crippen molar-refractivity contribution in [1.82, 2.24) is 19.5 Å². The highest BCUT2D eigenvalue weighted by atomic mass is 16.3. The van der Waals surface area contributed by atoms with Crippen molar-refractivity contribution >= 4 is 65.7 Å². The van der Waals surface area contributed by atoms with Crippen LogP contribution >= 0.6 is 0 Å². The summed E-state index contributed by atoms with van der Waals surface area (Å²) >= 11 is 0. The minimum atomic E-state index is 0.535. The molecular weight excluding hydrogens is 701 g/mol. The lowest BCUT2D eigenvalue weighted by atomic mass is 10.0. The van der Waals surface area contributed by atoms with Crippen molar-refractivity contribution in [1.29, 1.82) is 0 Å². The third-order valence-corrected chi connectivity index (χ3v) is 11.1. The Bertz CT molecular complexity index is 3510. The van der Waals surface area contributed by atoms with E-state index in [4.69, 9.17) is 23.8 Å². The third-order valence-electron chi connectivity index (χ3n) is 11.1. The fourth-order valence-corrected chi connectivity index (χ4v) is 8.40. The Kier molecular flexibility index (Phi) is 6.83. The van der Waals surface area contributed by atoms with Gasteiger partial charge in [0.15, 0.2) is 17.5 Å². The van der Waals surface area contributed by atoms with E-state index in [2.05, 4.69) is 126 Å². The highest BCUT2D eigenvalue weighted by molar-refractivity contribution is 6.20. The smallest absolute Gasteiger partial charge is 0.167 e. The Hall–Kier alpha value is -7.83. The molecule has 0 aliphatic carbocycles. The zero-order valence-electron chi connectivity index (χ0n) is 30.4. The van der Waals surface area contributed by atoms with E-state index in [1.807, 2.05) is 60.7 Å². The number of nitrogens with zero attached hydrogens (tertiary/aromatic N) is 4. The molecule has 0 saturated heterocycles. The quantitative estimate of drug-likeness (QED) is 0.176. The number of aromatic nitrogens is 4. The lowest BCUT2D eigenvalue weighted by molar-refractivity contribution is 0.669. The van der Waals surface area contributed by atoms with Crippen molar-refractivity contribution in [3.63, 3.8) is 0 Å². The van der Waals surface area contributed by atoms with Crippen molar-refractivity contribution in [2.24, 2.45) is 0 Å². The summed E-state index contributed by atoms with van der Waals surface area (Å²) < 4.78 is 15.6. The summed E-state index contributed by atoms with van der Waals surface area (Å²) in [6.45, 7) is 0.